The van der Waals surface area contributed by atoms with E-state index in [0.717, 1.165) is 12.3 Å². The molecule has 2 heterocycles. The van der Waals surface area contributed by atoms with Gasteiger partial charge in [-0.3, -0.25) is 0 Å². The fourth-order valence-corrected chi connectivity index (χ4v) is 3.64. The summed E-state index contributed by atoms with van der Waals surface area (Å²) in [6, 6.07) is 3.28. The normalized spacial score (nSPS) is 27.2. The van der Waals surface area contributed by atoms with Crippen LogP contribution in [0.1, 0.15) is 50.0 Å². The molecule has 1 aliphatic carbocycles. The van der Waals surface area contributed by atoms with Crippen LogP contribution >= 0.6 is 0 Å². The molecule has 2 atom stereocenters. The van der Waals surface area contributed by atoms with Gasteiger partial charge >= 0.3 is 0 Å². The van der Waals surface area contributed by atoms with Crippen LogP contribution in [0, 0.1) is 5.92 Å². The van der Waals surface area contributed by atoms with Gasteiger partial charge in [0.1, 0.15) is 5.76 Å². The summed E-state index contributed by atoms with van der Waals surface area (Å²) in [5.41, 5.74) is 1.41. The highest BCUT2D eigenvalue weighted by Crippen LogP contribution is 2.32. The standard InChI is InChI=1S/C16H26N2O/c1-12(13-6-9-18(2)10-7-13)17-15-4-3-5-16-14(15)8-11-19-16/h8,11-13,15,17H,3-7,9-10H2,1-2H3. The number of aryl methyl sites for hydroxylation is 1. The minimum atomic E-state index is 0.511. The Morgan fingerprint density at radius 2 is 2.11 bits per heavy atom. The zero-order valence-corrected chi connectivity index (χ0v) is 12.2. The highest BCUT2D eigenvalue weighted by atomic mass is 16.3. The molecule has 1 N–H and O–H groups in total. The van der Waals surface area contributed by atoms with E-state index in [1.165, 1.54) is 50.1 Å². The van der Waals surface area contributed by atoms with Crippen LogP contribution in [0.3, 0.4) is 0 Å². The quantitative estimate of drug-likeness (QED) is 0.908. The fourth-order valence-electron chi connectivity index (χ4n) is 3.64. The first-order valence-corrected chi connectivity index (χ1v) is 7.75. The first-order chi connectivity index (χ1) is 9.24. The third-order valence-electron chi connectivity index (χ3n) is 4.99. The average Bonchev–Trinajstić information content (AvgIpc) is 2.89. The van der Waals surface area contributed by atoms with E-state index in [1.807, 2.05) is 6.26 Å². The fraction of sp³-hybridized carbons (Fsp3) is 0.750. The van der Waals surface area contributed by atoms with E-state index in [9.17, 15) is 0 Å². The van der Waals surface area contributed by atoms with Gasteiger partial charge in [0.15, 0.2) is 0 Å². The van der Waals surface area contributed by atoms with Gasteiger partial charge in [0.05, 0.1) is 6.26 Å². The third-order valence-corrected chi connectivity index (χ3v) is 4.99. The summed E-state index contributed by atoms with van der Waals surface area (Å²) in [5, 5.41) is 3.87. The van der Waals surface area contributed by atoms with E-state index in [1.54, 1.807) is 0 Å². The monoisotopic (exact) mass is 262 g/mol. The molecule has 0 radical (unpaired) electrons. The van der Waals surface area contributed by atoms with Crippen LogP contribution in [0.5, 0.6) is 0 Å². The second kappa shape index (κ2) is 5.68. The van der Waals surface area contributed by atoms with E-state index >= 15 is 0 Å². The van der Waals surface area contributed by atoms with Crippen molar-refractivity contribution in [2.45, 2.75) is 51.1 Å². The van der Waals surface area contributed by atoms with Crippen LogP contribution in [0.15, 0.2) is 16.7 Å². The Bertz CT molecular complexity index is 407. The van der Waals surface area contributed by atoms with Crippen LogP contribution in [0.4, 0.5) is 0 Å². The molecule has 1 aliphatic heterocycles. The number of nitrogens with one attached hydrogen (secondary N) is 1. The lowest BCUT2D eigenvalue weighted by Crippen LogP contribution is -2.42. The number of hydrogen-bond acceptors (Lipinski definition) is 3. The van der Waals surface area contributed by atoms with Gasteiger partial charge in [-0.1, -0.05) is 0 Å². The van der Waals surface area contributed by atoms with Crippen molar-refractivity contribution < 1.29 is 4.42 Å². The number of rotatable bonds is 3. The van der Waals surface area contributed by atoms with Gasteiger partial charge in [-0.25, -0.2) is 0 Å². The van der Waals surface area contributed by atoms with Gasteiger partial charge in [-0.2, -0.15) is 0 Å². The molecule has 106 valence electrons. The van der Waals surface area contributed by atoms with Crippen LogP contribution in [0.25, 0.3) is 0 Å². The summed E-state index contributed by atoms with van der Waals surface area (Å²) in [5.74, 6) is 2.04. The van der Waals surface area contributed by atoms with E-state index in [0.29, 0.717) is 12.1 Å². The van der Waals surface area contributed by atoms with Crippen molar-refractivity contribution in [3.05, 3.63) is 23.7 Å². The third kappa shape index (κ3) is 2.87. The number of piperidine rings is 1. The molecule has 1 saturated heterocycles. The molecule has 1 fully saturated rings. The largest absolute Gasteiger partial charge is 0.469 e. The Morgan fingerprint density at radius 1 is 1.32 bits per heavy atom. The van der Waals surface area contributed by atoms with Crippen LogP contribution in [-0.4, -0.2) is 31.1 Å². The van der Waals surface area contributed by atoms with Crippen molar-refractivity contribution in [2.24, 2.45) is 5.92 Å². The van der Waals surface area contributed by atoms with Gasteiger partial charge in [0.2, 0.25) is 0 Å². The van der Waals surface area contributed by atoms with E-state index in [4.69, 9.17) is 4.42 Å². The Kier molecular flexibility index (Phi) is 3.94. The van der Waals surface area contributed by atoms with Crippen molar-refractivity contribution >= 4 is 0 Å². The second-order valence-corrected chi connectivity index (χ2v) is 6.34. The summed E-state index contributed by atoms with van der Waals surface area (Å²) in [6.07, 6.45) is 8.13. The molecule has 19 heavy (non-hydrogen) atoms. The number of hydrogen-bond donors (Lipinski definition) is 1. The molecule has 3 nitrogen and oxygen atoms in total. The first-order valence-electron chi connectivity index (χ1n) is 7.75. The number of nitrogens with zero attached hydrogens (tertiary/aromatic N) is 1. The van der Waals surface area contributed by atoms with Crippen molar-refractivity contribution in [2.75, 3.05) is 20.1 Å². The van der Waals surface area contributed by atoms with Gasteiger partial charge in [0, 0.05) is 24.1 Å². The predicted octanol–water partition coefficient (Wildman–Crippen LogP) is 2.98. The van der Waals surface area contributed by atoms with Crippen molar-refractivity contribution in [1.82, 2.24) is 10.2 Å². The van der Waals surface area contributed by atoms with E-state index in [2.05, 4.69) is 30.3 Å². The molecular formula is C16H26N2O. The molecule has 3 rings (SSSR count). The molecule has 0 amide bonds. The van der Waals surface area contributed by atoms with Gasteiger partial charge in [0.25, 0.3) is 0 Å². The average molecular weight is 262 g/mol. The minimum Gasteiger partial charge on any atom is -0.469 e. The Hall–Kier alpha value is -0.800. The maximum atomic E-state index is 5.58. The van der Waals surface area contributed by atoms with Crippen molar-refractivity contribution in [3.8, 4) is 0 Å². The zero-order valence-electron chi connectivity index (χ0n) is 12.2. The van der Waals surface area contributed by atoms with Gasteiger partial charge in [-0.05, 0) is 64.7 Å². The summed E-state index contributed by atoms with van der Waals surface area (Å²) in [6.45, 7) is 4.86. The lowest BCUT2D eigenvalue weighted by molar-refractivity contribution is 0.181. The molecular weight excluding hydrogens is 236 g/mol. The SMILES string of the molecule is CC(NC1CCCc2occc21)C1CCN(C)CC1. The lowest BCUT2D eigenvalue weighted by atomic mass is 9.87. The summed E-state index contributed by atoms with van der Waals surface area (Å²) in [7, 11) is 2.23. The lowest BCUT2D eigenvalue weighted by Gasteiger charge is -2.35. The van der Waals surface area contributed by atoms with Crippen LogP contribution in [0.2, 0.25) is 0 Å². The van der Waals surface area contributed by atoms with E-state index in [-0.39, 0.29) is 0 Å². The Morgan fingerprint density at radius 3 is 2.89 bits per heavy atom. The van der Waals surface area contributed by atoms with Gasteiger partial charge in [-0.15, -0.1) is 0 Å². The number of likely N-dealkylation sites (tertiary alicyclic amines) is 1. The second-order valence-electron chi connectivity index (χ2n) is 6.34. The molecule has 3 heteroatoms. The highest BCUT2D eigenvalue weighted by molar-refractivity contribution is 5.24. The van der Waals surface area contributed by atoms with Crippen LogP contribution < -0.4 is 5.32 Å². The molecule has 1 aromatic rings. The van der Waals surface area contributed by atoms with E-state index < -0.39 is 0 Å². The molecule has 2 aliphatic rings. The Labute approximate surface area is 116 Å². The van der Waals surface area contributed by atoms with Gasteiger partial charge < -0.3 is 14.6 Å². The van der Waals surface area contributed by atoms with Crippen LogP contribution in [-0.2, 0) is 6.42 Å². The maximum absolute atomic E-state index is 5.58. The molecule has 0 aromatic carbocycles. The number of fused-ring (bicyclic) bond motifs is 1. The topological polar surface area (TPSA) is 28.4 Å². The molecule has 0 bridgehead atoms. The highest BCUT2D eigenvalue weighted by Gasteiger charge is 2.27. The molecule has 1 aromatic heterocycles. The summed E-state index contributed by atoms with van der Waals surface area (Å²) >= 11 is 0. The maximum Gasteiger partial charge on any atom is 0.108 e. The summed E-state index contributed by atoms with van der Waals surface area (Å²) in [4.78, 5) is 2.44. The molecule has 0 saturated carbocycles. The van der Waals surface area contributed by atoms with Crippen molar-refractivity contribution in [3.63, 3.8) is 0 Å². The van der Waals surface area contributed by atoms with Crippen molar-refractivity contribution in [1.29, 1.82) is 0 Å². The first kappa shape index (κ1) is 13.2. The number of furan rings is 1. The predicted molar refractivity (Wildman–Crippen MR) is 77.2 cm³/mol. The molecule has 2 unspecified atom stereocenters. The smallest absolute Gasteiger partial charge is 0.108 e. The zero-order chi connectivity index (χ0) is 13.2. The summed E-state index contributed by atoms with van der Waals surface area (Å²) < 4.78 is 5.58. The minimum absolute atomic E-state index is 0.511. The molecule has 0 spiro atoms. The Balaban J connectivity index is 1.60.